The van der Waals surface area contributed by atoms with E-state index in [9.17, 15) is 0 Å². The molecule has 0 aliphatic carbocycles. The Bertz CT molecular complexity index is 424. The molecule has 0 saturated carbocycles. The molecule has 1 aromatic rings. The Hall–Kier alpha value is -0.260. The number of nitrogens with zero attached hydrogens (tertiary/aromatic N) is 2. The summed E-state index contributed by atoms with van der Waals surface area (Å²) in [6.07, 6.45) is 4.38. The highest BCUT2D eigenvalue weighted by atomic mass is 32.2. The lowest BCUT2D eigenvalue weighted by molar-refractivity contribution is 0.425. The van der Waals surface area contributed by atoms with E-state index < -0.39 is 0 Å². The largest absolute Gasteiger partial charge is 0.348 e. The molecule has 1 heterocycles. The van der Waals surface area contributed by atoms with Crippen LogP contribution in [-0.2, 0) is 13.0 Å². The highest BCUT2D eigenvalue weighted by Crippen LogP contribution is 2.28. The van der Waals surface area contributed by atoms with Gasteiger partial charge in [0.05, 0.1) is 5.69 Å². The molecule has 0 spiro atoms. The van der Waals surface area contributed by atoms with Crippen LogP contribution in [0.1, 0.15) is 51.6 Å². The third kappa shape index (κ3) is 6.17. The zero-order valence-electron chi connectivity index (χ0n) is 14.6. The van der Waals surface area contributed by atoms with Gasteiger partial charge in [0.1, 0.15) is 0 Å². The quantitative estimate of drug-likeness (QED) is 0.775. The first-order valence-electron chi connectivity index (χ1n) is 7.73. The van der Waals surface area contributed by atoms with E-state index in [0.717, 1.165) is 18.1 Å². The van der Waals surface area contributed by atoms with E-state index in [0.29, 0.717) is 6.04 Å². The van der Waals surface area contributed by atoms with Crippen molar-refractivity contribution in [2.75, 3.05) is 24.0 Å². The van der Waals surface area contributed by atoms with Gasteiger partial charge in [0.25, 0.3) is 0 Å². The summed E-state index contributed by atoms with van der Waals surface area (Å²) in [5, 5.41) is 4.74. The van der Waals surface area contributed by atoms with Crippen LogP contribution in [0.4, 0.5) is 5.13 Å². The molecule has 3 nitrogen and oxygen atoms in total. The number of aromatic nitrogens is 1. The molecule has 1 aromatic heterocycles. The summed E-state index contributed by atoms with van der Waals surface area (Å²) < 4.78 is 0. The van der Waals surface area contributed by atoms with Crippen molar-refractivity contribution in [1.82, 2.24) is 10.3 Å². The second kappa shape index (κ2) is 8.39. The summed E-state index contributed by atoms with van der Waals surface area (Å²) in [5.41, 5.74) is 1.39. The van der Waals surface area contributed by atoms with E-state index in [1.165, 1.54) is 22.7 Å². The SMILES string of the molecule is CCc1nc(N(C)C(C)CCSC)sc1CNC(C)(C)C. The Balaban J connectivity index is 2.78. The average Bonchev–Trinajstić information content (AvgIpc) is 2.84. The Morgan fingerprint density at radius 3 is 2.57 bits per heavy atom. The number of anilines is 1. The van der Waals surface area contributed by atoms with E-state index in [1.54, 1.807) is 0 Å². The fourth-order valence-corrected chi connectivity index (χ4v) is 3.68. The molecule has 21 heavy (non-hydrogen) atoms. The molecule has 0 aliphatic rings. The maximum absolute atomic E-state index is 4.86. The fourth-order valence-electron chi connectivity index (χ4n) is 1.95. The van der Waals surface area contributed by atoms with Crippen molar-refractivity contribution in [1.29, 1.82) is 0 Å². The summed E-state index contributed by atoms with van der Waals surface area (Å²) in [5.74, 6) is 1.20. The van der Waals surface area contributed by atoms with Gasteiger partial charge in [-0.3, -0.25) is 0 Å². The third-order valence-corrected chi connectivity index (χ3v) is 5.42. The summed E-state index contributed by atoms with van der Waals surface area (Å²) in [7, 11) is 2.17. The fraction of sp³-hybridized carbons (Fsp3) is 0.812. The predicted molar refractivity (Wildman–Crippen MR) is 98.9 cm³/mol. The smallest absolute Gasteiger partial charge is 0.185 e. The number of hydrogen-bond donors (Lipinski definition) is 1. The lowest BCUT2D eigenvalue weighted by Gasteiger charge is -2.24. The molecular formula is C16H31N3S2. The molecule has 0 bridgehead atoms. The van der Waals surface area contributed by atoms with Crippen LogP contribution in [0, 0.1) is 0 Å². The van der Waals surface area contributed by atoms with Crippen LogP contribution in [0.15, 0.2) is 0 Å². The first-order chi connectivity index (χ1) is 9.78. The van der Waals surface area contributed by atoms with Gasteiger partial charge >= 0.3 is 0 Å². The molecule has 0 aromatic carbocycles. The summed E-state index contributed by atoms with van der Waals surface area (Å²) in [4.78, 5) is 8.57. The summed E-state index contributed by atoms with van der Waals surface area (Å²) in [6, 6.07) is 0.539. The van der Waals surface area contributed by atoms with Crippen LogP contribution < -0.4 is 10.2 Å². The first kappa shape index (κ1) is 18.8. The molecule has 0 fully saturated rings. The van der Waals surface area contributed by atoms with Gasteiger partial charge in [0.15, 0.2) is 5.13 Å². The highest BCUT2D eigenvalue weighted by Gasteiger charge is 2.18. The number of hydrogen-bond acceptors (Lipinski definition) is 5. The van der Waals surface area contributed by atoms with E-state index in [4.69, 9.17) is 4.98 Å². The van der Waals surface area contributed by atoms with Gasteiger partial charge in [-0.1, -0.05) is 6.92 Å². The molecule has 0 saturated heterocycles. The zero-order valence-corrected chi connectivity index (χ0v) is 16.2. The Kier molecular flexibility index (Phi) is 7.51. The molecular weight excluding hydrogens is 298 g/mol. The van der Waals surface area contributed by atoms with Crippen LogP contribution >= 0.6 is 23.1 Å². The van der Waals surface area contributed by atoms with Gasteiger partial charge in [-0.05, 0) is 52.5 Å². The van der Waals surface area contributed by atoms with Crippen LogP contribution in [-0.4, -0.2) is 35.6 Å². The van der Waals surface area contributed by atoms with Gasteiger partial charge in [-0.15, -0.1) is 11.3 Å². The van der Waals surface area contributed by atoms with Gasteiger partial charge < -0.3 is 10.2 Å². The Labute approximate surface area is 138 Å². The second-order valence-corrected chi connectivity index (χ2v) is 8.61. The minimum Gasteiger partial charge on any atom is -0.348 e. The van der Waals surface area contributed by atoms with Crippen LogP contribution in [0.5, 0.6) is 0 Å². The van der Waals surface area contributed by atoms with Crippen LogP contribution in [0.2, 0.25) is 0 Å². The molecule has 0 amide bonds. The first-order valence-corrected chi connectivity index (χ1v) is 9.95. The van der Waals surface area contributed by atoms with Crippen molar-refractivity contribution in [2.45, 2.75) is 65.6 Å². The van der Waals surface area contributed by atoms with E-state index in [-0.39, 0.29) is 5.54 Å². The Morgan fingerprint density at radius 2 is 2.05 bits per heavy atom. The van der Waals surface area contributed by atoms with Crippen molar-refractivity contribution < 1.29 is 0 Å². The summed E-state index contributed by atoms with van der Waals surface area (Å²) in [6.45, 7) is 12.0. The predicted octanol–water partition coefficient (Wildman–Crippen LogP) is 4.17. The minimum atomic E-state index is 0.146. The van der Waals surface area contributed by atoms with E-state index in [1.807, 2.05) is 23.1 Å². The van der Waals surface area contributed by atoms with E-state index in [2.05, 4.69) is 58.1 Å². The zero-order chi connectivity index (χ0) is 16.0. The minimum absolute atomic E-state index is 0.146. The third-order valence-electron chi connectivity index (χ3n) is 3.58. The maximum atomic E-state index is 4.86. The normalized spacial score (nSPS) is 13.5. The van der Waals surface area contributed by atoms with Crippen LogP contribution in [0.25, 0.3) is 0 Å². The standard InChI is InChI=1S/C16H31N3S2/c1-8-13-14(11-17-16(3,4)5)21-15(18-13)19(6)12(2)9-10-20-7/h12,17H,8-11H2,1-7H3. The van der Waals surface area contributed by atoms with Crippen molar-refractivity contribution in [3.8, 4) is 0 Å². The van der Waals surface area contributed by atoms with Gasteiger partial charge in [0.2, 0.25) is 0 Å². The van der Waals surface area contributed by atoms with Gasteiger partial charge in [-0.25, -0.2) is 4.98 Å². The molecule has 0 radical (unpaired) electrons. The highest BCUT2D eigenvalue weighted by molar-refractivity contribution is 7.98. The van der Waals surface area contributed by atoms with Crippen LogP contribution in [0.3, 0.4) is 0 Å². The lowest BCUT2D eigenvalue weighted by atomic mass is 10.1. The molecule has 122 valence electrons. The molecule has 5 heteroatoms. The number of aryl methyl sites for hydroxylation is 1. The Morgan fingerprint density at radius 1 is 1.38 bits per heavy atom. The molecule has 1 atom stereocenters. The number of rotatable bonds is 8. The van der Waals surface area contributed by atoms with Crippen molar-refractivity contribution in [3.63, 3.8) is 0 Å². The number of thiazole rings is 1. The average molecular weight is 330 g/mol. The number of thioether (sulfide) groups is 1. The van der Waals surface area contributed by atoms with Gasteiger partial charge in [0, 0.05) is 30.1 Å². The van der Waals surface area contributed by atoms with E-state index >= 15 is 0 Å². The number of nitrogens with one attached hydrogen (secondary N) is 1. The van der Waals surface area contributed by atoms with Crippen molar-refractivity contribution in [2.24, 2.45) is 0 Å². The maximum Gasteiger partial charge on any atom is 0.185 e. The summed E-state index contributed by atoms with van der Waals surface area (Å²) >= 11 is 3.75. The van der Waals surface area contributed by atoms with Gasteiger partial charge in [-0.2, -0.15) is 11.8 Å². The topological polar surface area (TPSA) is 28.2 Å². The molecule has 1 unspecified atom stereocenters. The molecule has 1 rings (SSSR count). The molecule has 1 N–H and O–H groups in total. The monoisotopic (exact) mass is 329 g/mol. The van der Waals surface area contributed by atoms with Crippen molar-refractivity contribution >= 4 is 28.2 Å². The second-order valence-electron chi connectivity index (χ2n) is 6.56. The lowest BCUT2D eigenvalue weighted by Crippen LogP contribution is -2.35. The molecule has 0 aliphatic heterocycles. The van der Waals surface area contributed by atoms with Crippen molar-refractivity contribution in [3.05, 3.63) is 10.6 Å².